The fourth-order valence-electron chi connectivity index (χ4n) is 2.59. The number of aromatic nitrogens is 2. The van der Waals surface area contributed by atoms with Gasteiger partial charge in [-0.2, -0.15) is 4.98 Å². The number of nitrogens with one attached hydrogen (secondary N) is 1. The summed E-state index contributed by atoms with van der Waals surface area (Å²) in [6, 6.07) is 11.6. The van der Waals surface area contributed by atoms with Gasteiger partial charge in [0, 0.05) is 30.5 Å². The molecule has 1 amide bonds. The van der Waals surface area contributed by atoms with Crippen molar-refractivity contribution in [3.8, 4) is 22.9 Å². The summed E-state index contributed by atoms with van der Waals surface area (Å²) in [5, 5.41) is 6.61. The molecule has 0 aliphatic rings. The van der Waals surface area contributed by atoms with Crippen LogP contribution in [0.15, 0.2) is 47.0 Å². The molecule has 0 aliphatic heterocycles. The first-order valence-electron chi connectivity index (χ1n) is 8.65. The molecule has 3 rings (SSSR count). The number of hydrogen-bond donors (Lipinski definition) is 1. The minimum absolute atomic E-state index is 0.131. The molecule has 0 radical (unpaired) electrons. The highest BCUT2D eigenvalue weighted by molar-refractivity contribution is 5.76. The molecule has 0 unspecified atom stereocenters. The minimum atomic E-state index is -0.348. The number of methoxy groups -OCH3 is 2. The predicted octanol–water partition coefficient (Wildman–Crippen LogP) is 3.14. The molecule has 0 saturated carbocycles. The van der Waals surface area contributed by atoms with Crippen molar-refractivity contribution in [3.63, 3.8) is 0 Å². The van der Waals surface area contributed by atoms with Gasteiger partial charge in [-0.1, -0.05) is 23.4 Å². The largest absolute Gasteiger partial charge is 0.493 e. The lowest BCUT2D eigenvalue weighted by molar-refractivity contribution is -0.121. The quantitative estimate of drug-likeness (QED) is 0.641. The molecule has 0 saturated heterocycles. The smallest absolute Gasteiger partial charge is 0.227 e. The molecule has 2 aromatic carbocycles. The summed E-state index contributed by atoms with van der Waals surface area (Å²) >= 11 is 0. The van der Waals surface area contributed by atoms with Gasteiger partial charge in [0.05, 0.1) is 14.2 Å². The Morgan fingerprint density at radius 3 is 2.68 bits per heavy atom. The SMILES string of the molecule is COc1ccc(-c2noc(CCC(=O)NCc3ccccc3F)n2)cc1OC. The van der Waals surface area contributed by atoms with Crippen LogP contribution in [0.25, 0.3) is 11.4 Å². The lowest BCUT2D eigenvalue weighted by Crippen LogP contribution is -2.23. The van der Waals surface area contributed by atoms with E-state index in [-0.39, 0.29) is 31.1 Å². The van der Waals surface area contributed by atoms with Gasteiger partial charge in [-0.25, -0.2) is 4.39 Å². The molecule has 1 aromatic heterocycles. The molecule has 3 aromatic rings. The number of rotatable bonds is 8. The third kappa shape index (κ3) is 4.64. The molecule has 0 fully saturated rings. The van der Waals surface area contributed by atoms with Crippen molar-refractivity contribution in [1.82, 2.24) is 15.5 Å². The van der Waals surface area contributed by atoms with E-state index in [2.05, 4.69) is 15.5 Å². The van der Waals surface area contributed by atoms with Crippen LogP contribution < -0.4 is 14.8 Å². The van der Waals surface area contributed by atoms with E-state index in [0.717, 1.165) is 0 Å². The summed E-state index contributed by atoms with van der Waals surface area (Å²) in [6.07, 6.45) is 0.436. The zero-order chi connectivity index (χ0) is 19.9. The van der Waals surface area contributed by atoms with Crippen LogP contribution in [0.3, 0.4) is 0 Å². The van der Waals surface area contributed by atoms with E-state index in [0.29, 0.717) is 34.3 Å². The molecule has 28 heavy (non-hydrogen) atoms. The van der Waals surface area contributed by atoms with Gasteiger partial charge in [0.1, 0.15) is 5.82 Å². The van der Waals surface area contributed by atoms with Crippen molar-refractivity contribution in [2.24, 2.45) is 0 Å². The molecule has 1 heterocycles. The second kappa shape index (κ2) is 8.98. The van der Waals surface area contributed by atoms with Crippen LogP contribution >= 0.6 is 0 Å². The number of hydrogen-bond acceptors (Lipinski definition) is 6. The van der Waals surface area contributed by atoms with Crippen LogP contribution in [0, 0.1) is 5.82 Å². The number of amides is 1. The van der Waals surface area contributed by atoms with E-state index in [1.807, 2.05) is 0 Å². The molecule has 0 bridgehead atoms. The van der Waals surface area contributed by atoms with Crippen molar-refractivity contribution in [2.45, 2.75) is 19.4 Å². The second-order valence-electron chi connectivity index (χ2n) is 5.95. The molecule has 7 nitrogen and oxygen atoms in total. The summed E-state index contributed by atoms with van der Waals surface area (Å²) in [5.41, 5.74) is 1.14. The number of aryl methyl sites for hydroxylation is 1. The predicted molar refractivity (Wildman–Crippen MR) is 99.4 cm³/mol. The standard InChI is InChI=1S/C20H20FN3O4/c1-26-16-8-7-13(11-17(16)27-2)20-23-19(28-24-20)10-9-18(25)22-12-14-5-3-4-6-15(14)21/h3-8,11H,9-10,12H2,1-2H3,(H,22,25). The van der Waals surface area contributed by atoms with E-state index in [1.54, 1.807) is 50.6 Å². The van der Waals surface area contributed by atoms with Crippen LogP contribution in [-0.4, -0.2) is 30.3 Å². The Hall–Kier alpha value is -3.42. The normalized spacial score (nSPS) is 10.5. The first kappa shape index (κ1) is 19.3. The maximum atomic E-state index is 13.6. The lowest BCUT2D eigenvalue weighted by atomic mass is 10.2. The van der Waals surface area contributed by atoms with E-state index in [4.69, 9.17) is 14.0 Å². The Balaban J connectivity index is 1.56. The van der Waals surface area contributed by atoms with Crippen LogP contribution in [-0.2, 0) is 17.8 Å². The Morgan fingerprint density at radius 1 is 1.14 bits per heavy atom. The van der Waals surface area contributed by atoms with Crippen LogP contribution in [0.5, 0.6) is 11.5 Å². The monoisotopic (exact) mass is 385 g/mol. The fourth-order valence-corrected chi connectivity index (χ4v) is 2.59. The molecule has 8 heteroatoms. The Morgan fingerprint density at radius 2 is 1.93 bits per heavy atom. The molecule has 1 N–H and O–H groups in total. The van der Waals surface area contributed by atoms with Gasteiger partial charge in [0.25, 0.3) is 0 Å². The first-order chi connectivity index (χ1) is 13.6. The molecule has 0 aliphatic carbocycles. The fraction of sp³-hybridized carbons (Fsp3) is 0.250. The molecular weight excluding hydrogens is 365 g/mol. The summed E-state index contributed by atoms with van der Waals surface area (Å²) in [7, 11) is 3.10. The maximum absolute atomic E-state index is 13.6. The number of carbonyl (C=O) groups is 1. The summed E-state index contributed by atoms with van der Waals surface area (Å²) in [4.78, 5) is 16.3. The average Bonchev–Trinajstić information content (AvgIpc) is 3.20. The van der Waals surface area contributed by atoms with E-state index >= 15 is 0 Å². The van der Waals surface area contributed by atoms with Gasteiger partial charge in [0.2, 0.25) is 17.6 Å². The van der Waals surface area contributed by atoms with Crippen LogP contribution in [0.1, 0.15) is 17.9 Å². The van der Waals surface area contributed by atoms with Crippen molar-refractivity contribution in [2.75, 3.05) is 14.2 Å². The number of nitrogens with zero attached hydrogens (tertiary/aromatic N) is 2. The van der Waals surface area contributed by atoms with Gasteiger partial charge in [-0.3, -0.25) is 4.79 Å². The lowest BCUT2D eigenvalue weighted by Gasteiger charge is -2.07. The third-order valence-corrected chi connectivity index (χ3v) is 4.11. The Bertz CT molecular complexity index is 958. The second-order valence-corrected chi connectivity index (χ2v) is 5.95. The van der Waals surface area contributed by atoms with Gasteiger partial charge in [-0.05, 0) is 24.3 Å². The maximum Gasteiger partial charge on any atom is 0.227 e. The highest BCUT2D eigenvalue weighted by Gasteiger charge is 2.13. The number of benzene rings is 2. The molecule has 0 spiro atoms. The van der Waals surface area contributed by atoms with E-state index in [9.17, 15) is 9.18 Å². The minimum Gasteiger partial charge on any atom is -0.493 e. The topological polar surface area (TPSA) is 86.5 Å². The number of carbonyl (C=O) groups excluding carboxylic acids is 1. The Labute approximate surface area is 161 Å². The Kier molecular flexibility index (Phi) is 6.21. The van der Waals surface area contributed by atoms with Crippen molar-refractivity contribution in [1.29, 1.82) is 0 Å². The highest BCUT2D eigenvalue weighted by Crippen LogP contribution is 2.31. The first-order valence-corrected chi connectivity index (χ1v) is 8.65. The number of ether oxygens (including phenoxy) is 2. The summed E-state index contributed by atoms with van der Waals surface area (Å²) < 4.78 is 29.2. The molecular formula is C20H20FN3O4. The van der Waals surface area contributed by atoms with E-state index < -0.39 is 0 Å². The number of halogens is 1. The van der Waals surface area contributed by atoms with Crippen molar-refractivity contribution in [3.05, 3.63) is 59.7 Å². The zero-order valence-corrected chi connectivity index (χ0v) is 15.6. The highest BCUT2D eigenvalue weighted by atomic mass is 19.1. The van der Waals surface area contributed by atoms with Crippen LogP contribution in [0.4, 0.5) is 4.39 Å². The van der Waals surface area contributed by atoms with Crippen molar-refractivity contribution < 1.29 is 23.2 Å². The molecule has 0 atom stereocenters. The summed E-state index contributed by atoms with van der Waals surface area (Å²) in [5.74, 6) is 1.31. The van der Waals surface area contributed by atoms with E-state index in [1.165, 1.54) is 6.07 Å². The molecule has 146 valence electrons. The van der Waals surface area contributed by atoms with Gasteiger partial charge < -0.3 is 19.3 Å². The zero-order valence-electron chi connectivity index (χ0n) is 15.6. The van der Waals surface area contributed by atoms with Gasteiger partial charge >= 0.3 is 0 Å². The van der Waals surface area contributed by atoms with Gasteiger partial charge in [-0.15, -0.1) is 0 Å². The van der Waals surface area contributed by atoms with Crippen molar-refractivity contribution >= 4 is 5.91 Å². The average molecular weight is 385 g/mol. The third-order valence-electron chi connectivity index (χ3n) is 4.11. The van der Waals surface area contributed by atoms with Crippen LogP contribution in [0.2, 0.25) is 0 Å². The summed E-state index contributed by atoms with van der Waals surface area (Å²) in [6.45, 7) is 0.131. The van der Waals surface area contributed by atoms with Gasteiger partial charge in [0.15, 0.2) is 11.5 Å².